The van der Waals surface area contributed by atoms with E-state index >= 15 is 0 Å². The van der Waals surface area contributed by atoms with Gasteiger partial charge in [0.05, 0.1) is 5.69 Å². The zero-order chi connectivity index (χ0) is 13.7. The molecule has 2 rings (SSSR count). The van der Waals surface area contributed by atoms with Crippen LogP contribution in [0.15, 0.2) is 47.8 Å². The first kappa shape index (κ1) is 12.4. The Labute approximate surface area is 111 Å². The molecule has 0 saturated heterocycles. The van der Waals surface area contributed by atoms with Crippen molar-refractivity contribution in [2.75, 3.05) is 5.43 Å². The molecule has 0 aliphatic heterocycles. The molecule has 19 heavy (non-hydrogen) atoms. The van der Waals surface area contributed by atoms with Gasteiger partial charge in [0, 0.05) is 18.1 Å². The van der Waals surface area contributed by atoms with E-state index in [1.165, 1.54) is 0 Å². The second-order valence-electron chi connectivity index (χ2n) is 3.84. The summed E-state index contributed by atoms with van der Waals surface area (Å²) >= 11 is 0. The van der Waals surface area contributed by atoms with Crippen LogP contribution in [0.3, 0.4) is 0 Å². The fraction of sp³-hybridized carbons (Fsp3) is 0.0714. The molecule has 0 atom stereocenters. The molecule has 1 N–H and O–H groups in total. The number of nitrogens with zero attached hydrogens (tertiary/aromatic N) is 4. The summed E-state index contributed by atoms with van der Waals surface area (Å²) in [5, 5.41) is 21.0. The SMILES string of the molecule is Cc1c(NN=C(C#N)C#N)cccc1-n1cccc1. The van der Waals surface area contributed by atoms with Gasteiger partial charge in [-0.3, -0.25) is 5.43 Å². The molecule has 1 heterocycles. The van der Waals surface area contributed by atoms with Gasteiger partial charge in [-0.2, -0.15) is 15.6 Å². The molecule has 0 saturated carbocycles. The molecular formula is C14H11N5. The van der Waals surface area contributed by atoms with Crippen LogP contribution in [0.2, 0.25) is 0 Å². The van der Waals surface area contributed by atoms with Crippen molar-refractivity contribution in [3.05, 3.63) is 48.3 Å². The van der Waals surface area contributed by atoms with Crippen LogP contribution in [0.1, 0.15) is 5.56 Å². The maximum absolute atomic E-state index is 8.63. The Balaban J connectivity index is 2.35. The molecule has 0 spiro atoms. The predicted molar refractivity (Wildman–Crippen MR) is 72.8 cm³/mol. The van der Waals surface area contributed by atoms with Gasteiger partial charge in [0.15, 0.2) is 0 Å². The van der Waals surface area contributed by atoms with E-state index in [0.717, 1.165) is 16.9 Å². The Kier molecular flexibility index (Phi) is 3.61. The maximum Gasteiger partial charge on any atom is 0.237 e. The first-order valence-electron chi connectivity index (χ1n) is 5.63. The van der Waals surface area contributed by atoms with Crippen LogP contribution in [0.4, 0.5) is 5.69 Å². The summed E-state index contributed by atoms with van der Waals surface area (Å²) in [6.07, 6.45) is 3.90. The molecule has 0 radical (unpaired) electrons. The van der Waals surface area contributed by atoms with Crippen LogP contribution in [0, 0.1) is 29.6 Å². The third-order valence-corrected chi connectivity index (χ3v) is 2.69. The number of hydrazone groups is 1. The van der Waals surface area contributed by atoms with Crippen molar-refractivity contribution < 1.29 is 0 Å². The number of benzene rings is 1. The van der Waals surface area contributed by atoms with Crippen LogP contribution in [-0.2, 0) is 0 Å². The minimum Gasteiger partial charge on any atom is -0.324 e. The van der Waals surface area contributed by atoms with Crippen LogP contribution < -0.4 is 5.43 Å². The van der Waals surface area contributed by atoms with Crippen molar-refractivity contribution in [1.82, 2.24) is 4.57 Å². The molecule has 2 aromatic rings. The molecule has 0 amide bonds. The first-order valence-corrected chi connectivity index (χ1v) is 5.63. The standard InChI is InChI=1S/C14H11N5/c1-11-13(18-17-12(9-15)10-16)5-4-6-14(11)19-7-2-3-8-19/h2-8,18H,1H3. The smallest absolute Gasteiger partial charge is 0.237 e. The number of rotatable bonds is 3. The average Bonchev–Trinajstić information content (AvgIpc) is 2.95. The average molecular weight is 249 g/mol. The largest absolute Gasteiger partial charge is 0.324 e. The highest BCUT2D eigenvalue weighted by Gasteiger charge is 2.04. The third kappa shape index (κ3) is 2.62. The van der Waals surface area contributed by atoms with E-state index in [1.54, 1.807) is 12.1 Å². The van der Waals surface area contributed by atoms with Crippen molar-refractivity contribution in [2.45, 2.75) is 6.92 Å². The van der Waals surface area contributed by atoms with E-state index in [-0.39, 0.29) is 5.71 Å². The number of nitriles is 2. The van der Waals surface area contributed by atoms with E-state index in [1.807, 2.05) is 54.2 Å². The monoisotopic (exact) mass is 249 g/mol. The highest BCUT2D eigenvalue weighted by molar-refractivity contribution is 6.10. The summed E-state index contributed by atoms with van der Waals surface area (Å²) in [7, 11) is 0. The fourth-order valence-electron chi connectivity index (χ4n) is 1.71. The summed E-state index contributed by atoms with van der Waals surface area (Å²) in [5.41, 5.74) is 5.30. The number of anilines is 1. The topological polar surface area (TPSA) is 76.9 Å². The zero-order valence-corrected chi connectivity index (χ0v) is 10.3. The molecular weight excluding hydrogens is 238 g/mol. The number of nitrogens with one attached hydrogen (secondary N) is 1. The number of hydrogen-bond acceptors (Lipinski definition) is 4. The fourth-order valence-corrected chi connectivity index (χ4v) is 1.71. The van der Waals surface area contributed by atoms with Gasteiger partial charge in [-0.05, 0) is 36.8 Å². The first-order chi connectivity index (χ1) is 9.26. The summed E-state index contributed by atoms with van der Waals surface area (Å²) in [5.74, 6) is 0. The highest BCUT2D eigenvalue weighted by atomic mass is 15.3. The Morgan fingerprint density at radius 2 is 1.84 bits per heavy atom. The van der Waals surface area contributed by atoms with Crippen LogP contribution in [0.25, 0.3) is 5.69 Å². The van der Waals surface area contributed by atoms with Gasteiger partial charge in [-0.1, -0.05) is 6.07 Å². The van der Waals surface area contributed by atoms with E-state index < -0.39 is 0 Å². The Bertz CT molecular complexity index is 668. The summed E-state index contributed by atoms with van der Waals surface area (Å²) in [6, 6.07) is 13.0. The van der Waals surface area contributed by atoms with E-state index in [9.17, 15) is 0 Å². The molecule has 5 nitrogen and oxygen atoms in total. The zero-order valence-electron chi connectivity index (χ0n) is 10.3. The second-order valence-corrected chi connectivity index (χ2v) is 3.84. The lowest BCUT2D eigenvalue weighted by Crippen LogP contribution is -2.01. The molecule has 0 bridgehead atoms. The van der Waals surface area contributed by atoms with Gasteiger partial charge in [-0.25, -0.2) is 0 Å². The lowest BCUT2D eigenvalue weighted by atomic mass is 10.1. The van der Waals surface area contributed by atoms with Gasteiger partial charge in [0.1, 0.15) is 12.1 Å². The van der Waals surface area contributed by atoms with Crippen LogP contribution >= 0.6 is 0 Å². The van der Waals surface area contributed by atoms with Gasteiger partial charge in [0.25, 0.3) is 0 Å². The second kappa shape index (κ2) is 5.52. The molecule has 0 fully saturated rings. The quantitative estimate of drug-likeness (QED) is 0.671. The minimum atomic E-state index is -0.203. The lowest BCUT2D eigenvalue weighted by molar-refractivity contribution is 1.06. The van der Waals surface area contributed by atoms with E-state index in [4.69, 9.17) is 10.5 Å². The van der Waals surface area contributed by atoms with Crippen molar-refractivity contribution in [2.24, 2.45) is 5.10 Å². The molecule has 0 unspecified atom stereocenters. The maximum atomic E-state index is 8.63. The summed E-state index contributed by atoms with van der Waals surface area (Å²) < 4.78 is 1.99. The molecule has 5 heteroatoms. The normalized spacial score (nSPS) is 9.21. The Morgan fingerprint density at radius 1 is 1.16 bits per heavy atom. The molecule has 1 aromatic carbocycles. The van der Waals surface area contributed by atoms with E-state index in [0.29, 0.717) is 0 Å². The van der Waals surface area contributed by atoms with Gasteiger partial charge < -0.3 is 4.57 Å². The Morgan fingerprint density at radius 3 is 2.47 bits per heavy atom. The summed E-state index contributed by atoms with van der Waals surface area (Å²) in [4.78, 5) is 0. The van der Waals surface area contributed by atoms with Crippen molar-refractivity contribution in [3.63, 3.8) is 0 Å². The summed E-state index contributed by atoms with van der Waals surface area (Å²) in [6.45, 7) is 1.95. The van der Waals surface area contributed by atoms with Crippen LogP contribution in [0.5, 0.6) is 0 Å². The molecule has 1 aromatic heterocycles. The minimum absolute atomic E-state index is 0.203. The third-order valence-electron chi connectivity index (χ3n) is 2.69. The van der Waals surface area contributed by atoms with Crippen molar-refractivity contribution in [3.8, 4) is 17.8 Å². The van der Waals surface area contributed by atoms with E-state index in [2.05, 4.69) is 10.5 Å². The number of aromatic nitrogens is 1. The molecule has 92 valence electrons. The lowest BCUT2D eigenvalue weighted by Gasteiger charge is -2.11. The predicted octanol–water partition coefficient (Wildman–Crippen LogP) is 2.60. The van der Waals surface area contributed by atoms with Crippen molar-refractivity contribution >= 4 is 11.4 Å². The van der Waals surface area contributed by atoms with Gasteiger partial charge in [0.2, 0.25) is 5.71 Å². The van der Waals surface area contributed by atoms with Gasteiger partial charge >= 0.3 is 0 Å². The molecule has 0 aliphatic carbocycles. The highest BCUT2D eigenvalue weighted by Crippen LogP contribution is 2.22. The number of hydrogen-bond donors (Lipinski definition) is 1. The van der Waals surface area contributed by atoms with Gasteiger partial charge in [-0.15, -0.1) is 0 Å². The van der Waals surface area contributed by atoms with Crippen LogP contribution in [-0.4, -0.2) is 10.3 Å². The Hall–Kier alpha value is -3.05. The van der Waals surface area contributed by atoms with Crippen molar-refractivity contribution in [1.29, 1.82) is 10.5 Å². The molecule has 0 aliphatic rings.